The third-order valence-electron chi connectivity index (χ3n) is 7.20. The largest absolute Gasteiger partial charge is 0.458 e. The number of hydrogen-bond acceptors (Lipinski definition) is 9. The van der Waals surface area contributed by atoms with Crippen LogP contribution in [0, 0.1) is 0 Å². The van der Waals surface area contributed by atoms with Gasteiger partial charge in [-0.05, 0) is 59.2 Å². The van der Waals surface area contributed by atoms with E-state index in [1.807, 2.05) is 48.5 Å². The van der Waals surface area contributed by atoms with Gasteiger partial charge in [0.05, 0.1) is 18.0 Å². The summed E-state index contributed by atoms with van der Waals surface area (Å²) in [4.78, 5) is 35.8. The predicted molar refractivity (Wildman–Crippen MR) is 157 cm³/mol. The van der Waals surface area contributed by atoms with Crippen molar-refractivity contribution in [3.05, 3.63) is 83.8 Å². The Labute approximate surface area is 244 Å². The number of fused-ring (bicyclic) bond motifs is 1. The first kappa shape index (κ1) is 26.8. The Morgan fingerprint density at radius 1 is 1.02 bits per heavy atom. The molecule has 1 aromatic carbocycles. The van der Waals surface area contributed by atoms with E-state index in [4.69, 9.17) is 19.4 Å². The van der Waals surface area contributed by atoms with Gasteiger partial charge in [0.25, 0.3) is 3.68 Å². The quantitative estimate of drug-likeness (QED) is 0.157. The molecule has 0 radical (unpaired) electrons. The minimum atomic E-state index is -2.46. The first-order valence-corrected chi connectivity index (χ1v) is 14.4. The number of ether oxygens (including phenoxy) is 2. The van der Waals surface area contributed by atoms with E-state index >= 15 is 4.39 Å². The monoisotopic (exact) mass is 654 g/mol. The molecule has 2 aliphatic rings. The lowest BCUT2D eigenvalue weighted by molar-refractivity contribution is -0.152. The molecule has 4 aromatic rings. The van der Waals surface area contributed by atoms with E-state index in [9.17, 15) is 4.79 Å². The second-order valence-corrected chi connectivity index (χ2v) is 11.2. The molecule has 0 N–H and O–H groups in total. The highest BCUT2D eigenvalue weighted by atomic mass is 127. The van der Waals surface area contributed by atoms with Gasteiger partial charge < -0.3 is 19.3 Å². The summed E-state index contributed by atoms with van der Waals surface area (Å²) in [6, 6.07) is 16.4. The van der Waals surface area contributed by atoms with Crippen LogP contribution in [0.5, 0.6) is 0 Å². The zero-order valence-corrected chi connectivity index (χ0v) is 23.9. The highest BCUT2D eigenvalue weighted by molar-refractivity contribution is 14.1. The molecule has 2 atom stereocenters. The molecule has 0 amide bonds. The van der Waals surface area contributed by atoms with Gasteiger partial charge in [-0.2, -0.15) is 9.97 Å². The Morgan fingerprint density at radius 3 is 2.67 bits per heavy atom. The van der Waals surface area contributed by atoms with E-state index in [1.165, 1.54) is 28.8 Å². The van der Waals surface area contributed by atoms with Crippen molar-refractivity contribution in [2.45, 2.75) is 29.2 Å². The molecule has 6 rings (SSSR count). The van der Waals surface area contributed by atoms with Gasteiger partial charge in [-0.3, -0.25) is 4.98 Å². The summed E-state index contributed by atoms with van der Waals surface area (Å²) in [5.74, 6) is 0.348. The number of nitrogens with zero attached hydrogens (tertiary/aromatic N) is 6. The molecule has 9 nitrogen and oxygen atoms in total. The van der Waals surface area contributed by atoms with E-state index < -0.39 is 9.64 Å². The van der Waals surface area contributed by atoms with Crippen LogP contribution in [0.2, 0.25) is 0 Å². The van der Waals surface area contributed by atoms with Crippen LogP contribution in [0.4, 0.5) is 16.2 Å². The Bertz CT molecular complexity index is 1500. The molecule has 5 heterocycles. The van der Waals surface area contributed by atoms with Crippen molar-refractivity contribution in [2.24, 2.45) is 0 Å². The van der Waals surface area contributed by atoms with Gasteiger partial charge in [-0.25, -0.2) is 14.2 Å². The Balaban J connectivity index is 1.31. The van der Waals surface area contributed by atoms with E-state index in [2.05, 4.69) is 19.8 Å². The van der Waals surface area contributed by atoms with Crippen LogP contribution >= 0.6 is 22.6 Å². The van der Waals surface area contributed by atoms with Crippen LogP contribution in [-0.4, -0.2) is 58.8 Å². The summed E-state index contributed by atoms with van der Waals surface area (Å²) in [6.07, 6.45) is 4.86. The van der Waals surface area contributed by atoms with Crippen molar-refractivity contribution in [3.8, 4) is 0 Å². The fourth-order valence-corrected chi connectivity index (χ4v) is 5.67. The normalized spacial score (nSPS) is 19.0. The molecule has 206 valence electrons. The number of hydrogen-bond donors (Lipinski definition) is 0. The lowest BCUT2D eigenvalue weighted by Gasteiger charge is -2.43. The number of pyridine rings is 2. The highest BCUT2D eigenvalue weighted by Crippen LogP contribution is 2.45. The number of carbonyl (C=O) groups excluding carboxylic acids is 1. The summed E-state index contributed by atoms with van der Waals surface area (Å²) in [5.41, 5.74) is 2.06. The molecule has 0 bridgehead atoms. The van der Waals surface area contributed by atoms with Gasteiger partial charge in [0.2, 0.25) is 5.95 Å². The number of benzene rings is 1. The third-order valence-corrected chi connectivity index (χ3v) is 8.15. The van der Waals surface area contributed by atoms with E-state index in [0.29, 0.717) is 43.5 Å². The second kappa shape index (κ2) is 11.6. The fraction of sp³-hybridized carbons (Fsp3) is 0.345. The van der Waals surface area contributed by atoms with Gasteiger partial charge in [-0.1, -0.05) is 36.4 Å². The SMILES string of the molecule is O=C(OCc1ccccc1)C(F)(I)c1ncccc1C1CCN1c1nc(N2CCCOCC2)nc2ncccc12. The maximum absolute atomic E-state index is 16.2. The number of aromatic nitrogens is 4. The summed E-state index contributed by atoms with van der Waals surface area (Å²) < 4.78 is 24.7. The molecule has 3 aromatic heterocycles. The average Bonchev–Trinajstić information content (AvgIpc) is 3.26. The van der Waals surface area contributed by atoms with Gasteiger partial charge in [0.1, 0.15) is 18.1 Å². The van der Waals surface area contributed by atoms with Gasteiger partial charge >= 0.3 is 5.97 Å². The first-order valence-electron chi connectivity index (χ1n) is 13.3. The average molecular weight is 654 g/mol. The Hall–Kier alpha value is -3.45. The highest BCUT2D eigenvalue weighted by Gasteiger charge is 2.46. The minimum absolute atomic E-state index is 0.0176. The smallest absolute Gasteiger partial charge is 0.361 e. The van der Waals surface area contributed by atoms with Crippen molar-refractivity contribution in [1.82, 2.24) is 19.9 Å². The van der Waals surface area contributed by atoms with Crippen molar-refractivity contribution < 1.29 is 18.7 Å². The molecule has 0 saturated carbocycles. The summed E-state index contributed by atoms with van der Waals surface area (Å²) in [7, 11) is 0. The fourth-order valence-electron chi connectivity index (χ4n) is 5.07. The van der Waals surface area contributed by atoms with E-state index in [-0.39, 0.29) is 18.3 Å². The van der Waals surface area contributed by atoms with E-state index in [0.717, 1.165) is 36.2 Å². The topological polar surface area (TPSA) is 93.6 Å². The molecular formula is C29H28FIN6O3. The predicted octanol–water partition coefficient (Wildman–Crippen LogP) is 4.90. The van der Waals surface area contributed by atoms with Crippen molar-refractivity contribution in [1.29, 1.82) is 0 Å². The van der Waals surface area contributed by atoms with Gasteiger partial charge in [0, 0.05) is 44.2 Å². The molecule has 11 heteroatoms. The zero-order chi connectivity index (χ0) is 27.5. The third kappa shape index (κ3) is 5.31. The van der Waals surface area contributed by atoms with Crippen LogP contribution in [0.3, 0.4) is 0 Å². The standard InChI is InChI=1S/C29H28FIN6O3/c30-29(31,27(38)40-19-20-7-2-1-3-8-20)24-21(9-4-12-32-24)23-11-15-37(23)26-22-10-5-13-33-25(22)34-28(35-26)36-14-6-17-39-18-16-36/h1-5,7-10,12-13,23H,6,11,14-19H2. The molecule has 2 unspecified atom stereocenters. The van der Waals surface area contributed by atoms with Crippen molar-refractivity contribution in [2.75, 3.05) is 42.6 Å². The lowest BCUT2D eigenvalue weighted by atomic mass is 9.91. The zero-order valence-electron chi connectivity index (χ0n) is 21.7. The molecule has 0 aliphatic carbocycles. The number of esters is 1. The number of carbonyl (C=O) groups is 1. The van der Waals surface area contributed by atoms with Crippen LogP contribution in [0.1, 0.15) is 35.7 Å². The molecular weight excluding hydrogens is 626 g/mol. The molecule has 40 heavy (non-hydrogen) atoms. The van der Waals surface area contributed by atoms with Crippen LogP contribution in [-0.2, 0) is 24.6 Å². The number of halogens is 2. The molecule has 2 fully saturated rings. The lowest BCUT2D eigenvalue weighted by Crippen LogP contribution is -2.43. The molecule has 0 spiro atoms. The summed E-state index contributed by atoms with van der Waals surface area (Å²) in [6.45, 7) is 3.50. The molecule has 2 saturated heterocycles. The van der Waals surface area contributed by atoms with E-state index in [1.54, 1.807) is 12.3 Å². The first-order chi connectivity index (χ1) is 19.5. The number of alkyl halides is 2. The van der Waals surface area contributed by atoms with Crippen LogP contribution in [0.15, 0.2) is 67.0 Å². The van der Waals surface area contributed by atoms with Crippen molar-refractivity contribution >= 4 is 51.4 Å². The maximum Gasteiger partial charge on any atom is 0.361 e. The minimum Gasteiger partial charge on any atom is -0.458 e. The maximum atomic E-state index is 16.2. The van der Waals surface area contributed by atoms with Gasteiger partial charge in [0.15, 0.2) is 5.65 Å². The number of anilines is 2. The summed E-state index contributed by atoms with van der Waals surface area (Å²) >= 11 is 1.51. The van der Waals surface area contributed by atoms with Crippen LogP contribution < -0.4 is 9.80 Å². The second-order valence-electron chi connectivity index (χ2n) is 9.75. The summed E-state index contributed by atoms with van der Waals surface area (Å²) in [5, 5.41) is 0.815. The van der Waals surface area contributed by atoms with Crippen LogP contribution in [0.25, 0.3) is 11.0 Å². The molecule has 2 aliphatic heterocycles. The Kier molecular flexibility index (Phi) is 7.74. The number of rotatable bonds is 7. The Morgan fingerprint density at radius 2 is 1.85 bits per heavy atom. The van der Waals surface area contributed by atoms with Gasteiger partial charge in [-0.15, -0.1) is 0 Å². The van der Waals surface area contributed by atoms with Crippen molar-refractivity contribution in [3.63, 3.8) is 0 Å².